The SMILES string of the molecule is CCC/C=C(\C)C(=O)OC. The van der Waals surface area contributed by atoms with Gasteiger partial charge < -0.3 is 4.74 Å². The van der Waals surface area contributed by atoms with Crippen LogP contribution in [0.2, 0.25) is 0 Å². The van der Waals surface area contributed by atoms with E-state index in [1.54, 1.807) is 6.92 Å². The molecule has 0 bridgehead atoms. The number of unbranched alkanes of at least 4 members (excludes halogenated alkanes) is 1. The highest BCUT2D eigenvalue weighted by molar-refractivity contribution is 5.87. The van der Waals surface area contributed by atoms with Crippen molar-refractivity contribution in [1.82, 2.24) is 0 Å². The van der Waals surface area contributed by atoms with Gasteiger partial charge in [0, 0.05) is 5.57 Å². The standard InChI is InChI=1S/C8H14O2/c1-4-5-6-7(2)8(9)10-3/h6H,4-5H2,1-3H3/b7-6+. The van der Waals surface area contributed by atoms with Crippen LogP contribution >= 0.6 is 0 Å². The lowest BCUT2D eigenvalue weighted by molar-refractivity contribution is -0.136. The van der Waals surface area contributed by atoms with Gasteiger partial charge >= 0.3 is 5.97 Å². The van der Waals surface area contributed by atoms with Gasteiger partial charge in [0.25, 0.3) is 0 Å². The molecule has 0 amide bonds. The zero-order chi connectivity index (χ0) is 7.98. The second kappa shape index (κ2) is 5.03. The Balaban J connectivity index is 3.80. The van der Waals surface area contributed by atoms with Gasteiger partial charge in [0.2, 0.25) is 0 Å². The van der Waals surface area contributed by atoms with Crippen molar-refractivity contribution in [3.63, 3.8) is 0 Å². The molecule has 0 N–H and O–H groups in total. The van der Waals surface area contributed by atoms with E-state index < -0.39 is 0 Å². The Kier molecular flexibility index (Phi) is 4.63. The monoisotopic (exact) mass is 142 g/mol. The molecule has 0 aromatic carbocycles. The fraction of sp³-hybridized carbons (Fsp3) is 0.625. The zero-order valence-corrected chi connectivity index (χ0v) is 6.81. The van der Waals surface area contributed by atoms with Gasteiger partial charge in [-0.1, -0.05) is 19.4 Å². The van der Waals surface area contributed by atoms with Crippen LogP contribution in [0, 0.1) is 0 Å². The zero-order valence-electron chi connectivity index (χ0n) is 6.81. The Morgan fingerprint density at radius 2 is 2.20 bits per heavy atom. The summed E-state index contributed by atoms with van der Waals surface area (Å²) in [6, 6.07) is 0. The number of hydrogen-bond acceptors (Lipinski definition) is 2. The molecule has 0 unspecified atom stereocenters. The number of hydrogen-bond donors (Lipinski definition) is 0. The highest BCUT2D eigenvalue weighted by Crippen LogP contribution is 1.99. The molecule has 0 spiro atoms. The number of allylic oxidation sites excluding steroid dienone is 1. The summed E-state index contributed by atoms with van der Waals surface area (Å²) in [6.07, 6.45) is 3.90. The summed E-state index contributed by atoms with van der Waals surface area (Å²) in [5, 5.41) is 0. The Morgan fingerprint density at radius 1 is 1.60 bits per heavy atom. The van der Waals surface area contributed by atoms with Crippen molar-refractivity contribution in [1.29, 1.82) is 0 Å². The molecular formula is C8H14O2. The molecule has 2 heteroatoms. The number of carbonyl (C=O) groups is 1. The number of rotatable bonds is 3. The van der Waals surface area contributed by atoms with Crippen LogP contribution < -0.4 is 0 Å². The van der Waals surface area contributed by atoms with E-state index in [-0.39, 0.29) is 5.97 Å². The van der Waals surface area contributed by atoms with E-state index in [0.29, 0.717) is 5.57 Å². The molecular weight excluding hydrogens is 128 g/mol. The van der Waals surface area contributed by atoms with E-state index >= 15 is 0 Å². The fourth-order valence-corrected chi connectivity index (χ4v) is 0.605. The van der Waals surface area contributed by atoms with Crippen molar-refractivity contribution >= 4 is 5.97 Å². The number of ether oxygens (including phenoxy) is 1. The molecule has 58 valence electrons. The minimum atomic E-state index is -0.228. The molecule has 0 fully saturated rings. The van der Waals surface area contributed by atoms with E-state index in [4.69, 9.17) is 0 Å². The quantitative estimate of drug-likeness (QED) is 0.444. The van der Waals surface area contributed by atoms with Gasteiger partial charge in [0.15, 0.2) is 0 Å². The van der Waals surface area contributed by atoms with Gasteiger partial charge in [-0.3, -0.25) is 0 Å². The van der Waals surface area contributed by atoms with Gasteiger partial charge in [-0.25, -0.2) is 4.79 Å². The molecule has 0 aliphatic rings. The first-order chi connectivity index (χ1) is 4.72. The van der Waals surface area contributed by atoms with Gasteiger partial charge in [-0.15, -0.1) is 0 Å². The van der Waals surface area contributed by atoms with Crippen molar-refractivity contribution < 1.29 is 9.53 Å². The molecule has 0 aromatic rings. The van der Waals surface area contributed by atoms with E-state index in [1.807, 2.05) is 6.08 Å². The number of carbonyl (C=O) groups excluding carboxylic acids is 1. The predicted octanol–water partition coefficient (Wildman–Crippen LogP) is 1.91. The molecule has 0 aromatic heterocycles. The summed E-state index contributed by atoms with van der Waals surface area (Å²) in [5.74, 6) is -0.228. The van der Waals surface area contributed by atoms with Crippen LogP contribution in [0.4, 0.5) is 0 Å². The lowest BCUT2D eigenvalue weighted by Gasteiger charge is -1.96. The lowest BCUT2D eigenvalue weighted by atomic mass is 10.2. The third-order valence-corrected chi connectivity index (χ3v) is 1.25. The third-order valence-electron chi connectivity index (χ3n) is 1.25. The van der Waals surface area contributed by atoms with Crippen molar-refractivity contribution in [2.24, 2.45) is 0 Å². The minimum absolute atomic E-state index is 0.228. The maximum Gasteiger partial charge on any atom is 0.333 e. The van der Waals surface area contributed by atoms with E-state index in [0.717, 1.165) is 12.8 Å². The van der Waals surface area contributed by atoms with Crippen molar-refractivity contribution in [2.45, 2.75) is 26.7 Å². The molecule has 0 radical (unpaired) electrons. The number of methoxy groups -OCH3 is 1. The van der Waals surface area contributed by atoms with Crippen LogP contribution in [-0.4, -0.2) is 13.1 Å². The molecule has 0 heterocycles. The van der Waals surface area contributed by atoms with E-state index in [1.165, 1.54) is 7.11 Å². The van der Waals surface area contributed by atoms with Gasteiger partial charge in [0.05, 0.1) is 7.11 Å². The largest absolute Gasteiger partial charge is 0.466 e. The summed E-state index contributed by atoms with van der Waals surface area (Å²) < 4.78 is 4.50. The Bertz CT molecular complexity index is 136. The molecule has 0 aliphatic heterocycles. The van der Waals surface area contributed by atoms with Gasteiger partial charge in [-0.05, 0) is 13.3 Å². The van der Waals surface area contributed by atoms with Crippen LogP contribution in [0.25, 0.3) is 0 Å². The first-order valence-electron chi connectivity index (χ1n) is 3.47. The highest BCUT2D eigenvalue weighted by atomic mass is 16.5. The summed E-state index contributed by atoms with van der Waals surface area (Å²) >= 11 is 0. The second-order valence-corrected chi connectivity index (χ2v) is 2.17. The first-order valence-corrected chi connectivity index (χ1v) is 3.47. The predicted molar refractivity (Wildman–Crippen MR) is 40.7 cm³/mol. The molecule has 10 heavy (non-hydrogen) atoms. The lowest BCUT2D eigenvalue weighted by Crippen LogP contribution is -2.00. The first kappa shape index (κ1) is 9.21. The van der Waals surface area contributed by atoms with Gasteiger partial charge in [-0.2, -0.15) is 0 Å². The number of esters is 1. The average molecular weight is 142 g/mol. The van der Waals surface area contributed by atoms with Crippen LogP contribution in [0.1, 0.15) is 26.7 Å². The smallest absolute Gasteiger partial charge is 0.333 e. The maximum absolute atomic E-state index is 10.7. The van der Waals surface area contributed by atoms with Crippen molar-refractivity contribution in [2.75, 3.05) is 7.11 Å². The Morgan fingerprint density at radius 3 is 2.60 bits per heavy atom. The highest BCUT2D eigenvalue weighted by Gasteiger charge is 1.99. The van der Waals surface area contributed by atoms with Crippen LogP contribution in [0.5, 0.6) is 0 Å². The summed E-state index contributed by atoms with van der Waals surface area (Å²) in [4.78, 5) is 10.7. The summed E-state index contributed by atoms with van der Waals surface area (Å²) in [5.41, 5.74) is 0.698. The molecule has 0 aliphatic carbocycles. The molecule has 0 atom stereocenters. The molecule has 0 rings (SSSR count). The normalized spacial score (nSPS) is 11.3. The molecule has 0 saturated carbocycles. The summed E-state index contributed by atoms with van der Waals surface area (Å²) in [7, 11) is 1.39. The summed E-state index contributed by atoms with van der Waals surface area (Å²) in [6.45, 7) is 3.84. The Labute approximate surface area is 61.9 Å². The van der Waals surface area contributed by atoms with Gasteiger partial charge in [0.1, 0.15) is 0 Å². The average Bonchev–Trinajstić information content (AvgIpc) is 1.98. The Hall–Kier alpha value is -0.790. The minimum Gasteiger partial charge on any atom is -0.466 e. The third kappa shape index (κ3) is 3.28. The fourth-order valence-electron chi connectivity index (χ4n) is 0.605. The van der Waals surface area contributed by atoms with Crippen LogP contribution in [0.15, 0.2) is 11.6 Å². The maximum atomic E-state index is 10.7. The van der Waals surface area contributed by atoms with Crippen LogP contribution in [-0.2, 0) is 9.53 Å². The van der Waals surface area contributed by atoms with Crippen molar-refractivity contribution in [3.05, 3.63) is 11.6 Å². The molecule has 0 saturated heterocycles. The van der Waals surface area contributed by atoms with E-state index in [9.17, 15) is 4.79 Å². The van der Waals surface area contributed by atoms with Crippen molar-refractivity contribution in [3.8, 4) is 0 Å². The second-order valence-electron chi connectivity index (χ2n) is 2.17. The topological polar surface area (TPSA) is 26.3 Å². The molecule has 2 nitrogen and oxygen atoms in total. The van der Waals surface area contributed by atoms with E-state index in [2.05, 4.69) is 11.7 Å². The van der Waals surface area contributed by atoms with Crippen LogP contribution in [0.3, 0.4) is 0 Å².